The molecule has 1 saturated heterocycles. The van der Waals surface area contributed by atoms with E-state index in [0.717, 1.165) is 50.5 Å². The summed E-state index contributed by atoms with van der Waals surface area (Å²) < 4.78 is 32.8. The van der Waals surface area contributed by atoms with Gasteiger partial charge in [-0.3, -0.25) is 4.79 Å². The molecule has 0 bridgehead atoms. The van der Waals surface area contributed by atoms with Gasteiger partial charge in [-0.25, -0.2) is 8.42 Å². The van der Waals surface area contributed by atoms with Crippen molar-refractivity contribution in [2.45, 2.75) is 55.3 Å². The van der Waals surface area contributed by atoms with Crippen molar-refractivity contribution in [3.05, 3.63) is 60.2 Å². The Labute approximate surface area is 191 Å². The molecule has 2 aromatic carbocycles. The van der Waals surface area contributed by atoms with Gasteiger partial charge in [0.25, 0.3) is 0 Å². The molecule has 1 N–H and O–H groups in total. The highest BCUT2D eigenvalue weighted by Gasteiger charge is 2.42. The Balaban J connectivity index is 1.30. The van der Waals surface area contributed by atoms with Gasteiger partial charge in [-0.15, -0.1) is 0 Å². The Kier molecular flexibility index (Phi) is 7.16. The van der Waals surface area contributed by atoms with Gasteiger partial charge in [0.15, 0.2) is 0 Å². The maximum Gasteiger partial charge on any atom is 0.243 e. The highest BCUT2D eigenvalue weighted by molar-refractivity contribution is 7.89. The second kappa shape index (κ2) is 10.0. The number of piperidine rings is 1. The van der Waals surface area contributed by atoms with Crippen LogP contribution < -0.4 is 10.1 Å². The van der Waals surface area contributed by atoms with Crippen LogP contribution in [-0.2, 0) is 20.2 Å². The fraction of sp³-hybridized carbons (Fsp3) is 0.480. The van der Waals surface area contributed by atoms with E-state index in [-0.39, 0.29) is 5.91 Å². The monoisotopic (exact) mass is 456 g/mol. The number of nitrogens with one attached hydrogen (secondary N) is 1. The van der Waals surface area contributed by atoms with Gasteiger partial charge in [0.05, 0.1) is 16.9 Å². The van der Waals surface area contributed by atoms with Gasteiger partial charge in [0.1, 0.15) is 12.4 Å². The molecular formula is C25H32N2O4S. The first-order valence-electron chi connectivity index (χ1n) is 11.6. The predicted molar refractivity (Wildman–Crippen MR) is 124 cm³/mol. The van der Waals surface area contributed by atoms with Crippen LogP contribution in [0.5, 0.6) is 5.75 Å². The SMILES string of the molecule is O=C(NCCOc1ccc(S(=O)(=O)N2CCCCC2)cc1)C1(c2ccccc2)CCCC1. The lowest BCUT2D eigenvalue weighted by Gasteiger charge is -2.28. The molecule has 1 amide bonds. The standard InChI is InChI=1S/C25H32N2O4S/c28-24(25(15-5-6-16-25)21-9-3-1-4-10-21)26-17-20-31-22-11-13-23(14-12-22)32(29,30)27-18-7-2-8-19-27/h1,3-4,9-14H,2,5-8,15-20H2,(H,26,28). The molecule has 1 heterocycles. The van der Waals surface area contributed by atoms with E-state index >= 15 is 0 Å². The molecule has 172 valence electrons. The van der Waals surface area contributed by atoms with Crippen LogP contribution in [0.4, 0.5) is 0 Å². The normalized spacial score (nSPS) is 18.9. The van der Waals surface area contributed by atoms with Crippen molar-refractivity contribution in [2.75, 3.05) is 26.2 Å². The molecule has 1 aliphatic heterocycles. The number of hydrogen-bond acceptors (Lipinski definition) is 4. The lowest BCUT2D eigenvalue weighted by molar-refractivity contribution is -0.126. The summed E-state index contributed by atoms with van der Waals surface area (Å²) >= 11 is 0. The summed E-state index contributed by atoms with van der Waals surface area (Å²) in [5.41, 5.74) is 0.646. The average Bonchev–Trinajstić information content (AvgIpc) is 3.35. The van der Waals surface area contributed by atoms with Gasteiger partial charge in [-0.05, 0) is 55.5 Å². The Hall–Kier alpha value is -2.38. The zero-order valence-corrected chi connectivity index (χ0v) is 19.3. The summed E-state index contributed by atoms with van der Waals surface area (Å²) in [7, 11) is -3.44. The summed E-state index contributed by atoms with van der Waals surface area (Å²) in [6, 6.07) is 16.6. The van der Waals surface area contributed by atoms with E-state index < -0.39 is 15.4 Å². The smallest absolute Gasteiger partial charge is 0.243 e. The molecule has 1 saturated carbocycles. The minimum absolute atomic E-state index is 0.0628. The van der Waals surface area contributed by atoms with Gasteiger partial charge in [0, 0.05) is 13.1 Å². The molecule has 0 radical (unpaired) electrons. The number of carbonyl (C=O) groups excluding carboxylic acids is 1. The van der Waals surface area contributed by atoms with Crippen molar-refractivity contribution < 1.29 is 17.9 Å². The predicted octanol–water partition coefficient (Wildman–Crippen LogP) is 3.87. The molecule has 2 fully saturated rings. The summed E-state index contributed by atoms with van der Waals surface area (Å²) in [5, 5.41) is 3.05. The van der Waals surface area contributed by atoms with Gasteiger partial charge in [0.2, 0.25) is 15.9 Å². The maximum atomic E-state index is 13.0. The quantitative estimate of drug-likeness (QED) is 0.612. The lowest BCUT2D eigenvalue weighted by Crippen LogP contribution is -2.43. The van der Waals surface area contributed by atoms with E-state index in [1.165, 1.54) is 0 Å². The summed E-state index contributed by atoms with van der Waals surface area (Å²) in [6.45, 7) is 1.91. The number of benzene rings is 2. The molecule has 0 spiro atoms. The highest BCUT2D eigenvalue weighted by Crippen LogP contribution is 2.41. The first-order chi connectivity index (χ1) is 15.5. The highest BCUT2D eigenvalue weighted by atomic mass is 32.2. The Morgan fingerprint density at radius 1 is 0.906 bits per heavy atom. The minimum atomic E-state index is -3.44. The van der Waals surface area contributed by atoms with Crippen LogP contribution in [0.2, 0.25) is 0 Å². The molecule has 0 atom stereocenters. The largest absolute Gasteiger partial charge is 0.492 e. The summed E-state index contributed by atoms with van der Waals surface area (Å²) in [6.07, 6.45) is 6.78. The fourth-order valence-electron chi connectivity index (χ4n) is 4.85. The molecular weight excluding hydrogens is 424 g/mol. The molecule has 2 aliphatic rings. The van der Waals surface area contributed by atoms with Crippen LogP contribution in [0.3, 0.4) is 0 Å². The third-order valence-electron chi connectivity index (χ3n) is 6.65. The van der Waals surface area contributed by atoms with E-state index in [2.05, 4.69) is 5.32 Å². The van der Waals surface area contributed by atoms with Crippen molar-refractivity contribution in [1.82, 2.24) is 9.62 Å². The van der Waals surface area contributed by atoms with E-state index in [0.29, 0.717) is 36.9 Å². The number of nitrogens with zero attached hydrogens (tertiary/aromatic N) is 1. The van der Waals surface area contributed by atoms with Crippen molar-refractivity contribution in [3.8, 4) is 5.75 Å². The van der Waals surface area contributed by atoms with Gasteiger partial charge >= 0.3 is 0 Å². The van der Waals surface area contributed by atoms with E-state index in [1.807, 2.05) is 30.3 Å². The van der Waals surface area contributed by atoms with Crippen molar-refractivity contribution in [3.63, 3.8) is 0 Å². The zero-order valence-electron chi connectivity index (χ0n) is 18.5. The van der Waals surface area contributed by atoms with E-state index in [4.69, 9.17) is 4.74 Å². The second-order valence-electron chi connectivity index (χ2n) is 8.70. The van der Waals surface area contributed by atoms with Crippen LogP contribution in [0.25, 0.3) is 0 Å². The number of hydrogen-bond donors (Lipinski definition) is 1. The molecule has 1 aliphatic carbocycles. The Morgan fingerprint density at radius 2 is 1.56 bits per heavy atom. The number of ether oxygens (including phenoxy) is 1. The molecule has 4 rings (SSSR count). The van der Waals surface area contributed by atoms with Crippen LogP contribution in [0.1, 0.15) is 50.5 Å². The number of sulfonamides is 1. The summed E-state index contributed by atoms with van der Waals surface area (Å²) in [5.74, 6) is 0.656. The fourth-order valence-corrected chi connectivity index (χ4v) is 6.36. The number of carbonyl (C=O) groups is 1. The van der Waals surface area contributed by atoms with Crippen molar-refractivity contribution >= 4 is 15.9 Å². The van der Waals surface area contributed by atoms with Gasteiger partial charge in [-0.2, -0.15) is 4.31 Å². The number of amides is 1. The maximum absolute atomic E-state index is 13.0. The first kappa shape index (κ1) is 22.8. The summed E-state index contributed by atoms with van der Waals surface area (Å²) in [4.78, 5) is 13.3. The molecule has 32 heavy (non-hydrogen) atoms. The number of rotatable bonds is 8. The molecule has 2 aromatic rings. The zero-order chi connectivity index (χ0) is 22.4. The third kappa shape index (κ3) is 4.84. The van der Waals surface area contributed by atoms with Crippen molar-refractivity contribution in [1.29, 1.82) is 0 Å². The minimum Gasteiger partial charge on any atom is -0.492 e. The van der Waals surface area contributed by atoms with E-state index in [9.17, 15) is 13.2 Å². The topological polar surface area (TPSA) is 75.7 Å². The van der Waals surface area contributed by atoms with Gasteiger partial charge < -0.3 is 10.1 Å². The molecule has 7 heteroatoms. The molecule has 6 nitrogen and oxygen atoms in total. The lowest BCUT2D eigenvalue weighted by atomic mass is 9.78. The van der Waals surface area contributed by atoms with Crippen LogP contribution in [0.15, 0.2) is 59.5 Å². The Bertz CT molecular complexity index is 994. The van der Waals surface area contributed by atoms with Crippen LogP contribution in [0, 0.1) is 0 Å². The molecule has 0 unspecified atom stereocenters. The Morgan fingerprint density at radius 3 is 2.22 bits per heavy atom. The second-order valence-corrected chi connectivity index (χ2v) is 10.6. The third-order valence-corrected chi connectivity index (χ3v) is 8.56. The average molecular weight is 457 g/mol. The van der Waals surface area contributed by atoms with Crippen molar-refractivity contribution in [2.24, 2.45) is 0 Å². The van der Waals surface area contributed by atoms with Crippen LogP contribution in [-0.4, -0.2) is 44.9 Å². The molecule has 0 aromatic heterocycles. The van der Waals surface area contributed by atoms with Crippen LogP contribution >= 0.6 is 0 Å². The van der Waals surface area contributed by atoms with Gasteiger partial charge in [-0.1, -0.05) is 49.6 Å². The van der Waals surface area contributed by atoms with E-state index in [1.54, 1.807) is 28.6 Å². The first-order valence-corrected chi connectivity index (χ1v) is 13.0.